The van der Waals surface area contributed by atoms with Gasteiger partial charge in [-0.1, -0.05) is 12.1 Å². The summed E-state index contributed by atoms with van der Waals surface area (Å²) in [7, 11) is 0. The molecule has 1 aliphatic carbocycles. The molecule has 116 valence electrons. The number of aromatic nitrogens is 1. The van der Waals surface area contributed by atoms with Crippen LogP contribution in [0.15, 0.2) is 53.8 Å². The summed E-state index contributed by atoms with van der Waals surface area (Å²) in [6.45, 7) is 0. The molecule has 0 atom stereocenters. The number of amides is 1. The molecule has 0 radical (unpaired) electrons. The van der Waals surface area contributed by atoms with Gasteiger partial charge in [0.15, 0.2) is 18.4 Å². The van der Waals surface area contributed by atoms with Crippen molar-refractivity contribution in [3.05, 3.63) is 76.3 Å². The minimum Gasteiger partial charge on any atom is -0.619 e. The SMILES string of the molecule is NC(N)=NC(=O)c1ccc2c(c1)C(c1ccc[n+]([O-])c1)=CCC2. The molecule has 1 aromatic carbocycles. The molecule has 0 saturated carbocycles. The van der Waals surface area contributed by atoms with Gasteiger partial charge in [-0.15, -0.1) is 0 Å². The van der Waals surface area contributed by atoms with Gasteiger partial charge in [-0.3, -0.25) is 4.79 Å². The van der Waals surface area contributed by atoms with Crippen LogP contribution >= 0.6 is 0 Å². The topological polar surface area (TPSA) is 108 Å². The Morgan fingerprint density at radius 1 is 1.26 bits per heavy atom. The Morgan fingerprint density at radius 3 is 2.83 bits per heavy atom. The fourth-order valence-corrected chi connectivity index (χ4v) is 2.73. The van der Waals surface area contributed by atoms with Crippen LogP contribution in [0.5, 0.6) is 0 Å². The lowest BCUT2D eigenvalue weighted by Crippen LogP contribution is -2.25. The molecule has 1 aliphatic rings. The minimum atomic E-state index is -0.482. The van der Waals surface area contributed by atoms with Crippen LogP contribution in [0.1, 0.15) is 33.5 Å². The van der Waals surface area contributed by atoms with E-state index in [-0.39, 0.29) is 5.96 Å². The molecule has 0 aliphatic heterocycles. The van der Waals surface area contributed by atoms with Crippen LogP contribution in [0.3, 0.4) is 0 Å². The second-order valence-corrected chi connectivity index (χ2v) is 5.32. The molecule has 2 aromatic rings. The van der Waals surface area contributed by atoms with Crippen molar-refractivity contribution in [3.63, 3.8) is 0 Å². The number of nitrogens with two attached hydrogens (primary N) is 2. The zero-order chi connectivity index (χ0) is 16.4. The fourth-order valence-electron chi connectivity index (χ4n) is 2.73. The minimum absolute atomic E-state index is 0.265. The van der Waals surface area contributed by atoms with Crippen LogP contribution in [-0.4, -0.2) is 11.9 Å². The maximum Gasteiger partial charge on any atom is 0.280 e. The van der Waals surface area contributed by atoms with E-state index in [9.17, 15) is 10.0 Å². The third-order valence-corrected chi connectivity index (χ3v) is 3.73. The van der Waals surface area contributed by atoms with Crippen LogP contribution in [0.25, 0.3) is 5.57 Å². The zero-order valence-corrected chi connectivity index (χ0v) is 12.4. The van der Waals surface area contributed by atoms with Crippen molar-refractivity contribution >= 4 is 17.4 Å². The monoisotopic (exact) mass is 308 g/mol. The molecule has 1 aromatic heterocycles. The summed E-state index contributed by atoms with van der Waals surface area (Å²) in [6, 6.07) is 8.98. The van der Waals surface area contributed by atoms with E-state index in [2.05, 4.69) is 11.1 Å². The summed E-state index contributed by atoms with van der Waals surface area (Å²) >= 11 is 0. The van der Waals surface area contributed by atoms with Gasteiger partial charge >= 0.3 is 0 Å². The third kappa shape index (κ3) is 3.06. The maximum absolute atomic E-state index is 12.0. The highest BCUT2D eigenvalue weighted by Crippen LogP contribution is 2.32. The Hall–Kier alpha value is -3.15. The van der Waals surface area contributed by atoms with E-state index in [0.717, 1.165) is 39.8 Å². The van der Waals surface area contributed by atoms with Gasteiger partial charge in [0.1, 0.15) is 0 Å². The van der Waals surface area contributed by atoms with Crippen LogP contribution in [0.4, 0.5) is 0 Å². The van der Waals surface area contributed by atoms with Crippen molar-refractivity contribution in [1.82, 2.24) is 0 Å². The predicted molar refractivity (Wildman–Crippen MR) is 87.4 cm³/mol. The Labute approximate surface area is 133 Å². The molecule has 4 N–H and O–H groups in total. The first-order valence-corrected chi connectivity index (χ1v) is 7.21. The molecular formula is C17H16N4O2. The molecule has 0 bridgehead atoms. The number of hydrogen-bond donors (Lipinski definition) is 2. The smallest absolute Gasteiger partial charge is 0.280 e. The number of aliphatic imine (C=N–C) groups is 1. The van der Waals surface area contributed by atoms with Gasteiger partial charge in [-0.25, -0.2) is 0 Å². The molecule has 0 spiro atoms. The Morgan fingerprint density at radius 2 is 2.09 bits per heavy atom. The summed E-state index contributed by atoms with van der Waals surface area (Å²) in [5, 5.41) is 11.5. The van der Waals surface area contributed by atoms with Gasteiger partial charge in [-0.05, 0) is 47.7 Å². The number of carbonyl (C=O) groups excluding carboxylic acids is 1. The number of pyridine rings is 1. The molecule has 0 fully saturated rings. The first-order chi connectivity index (χ1) is 11.0. The second kappa shape index (κ2) is 5.92. The highest BCUT2D eigenvalue weighted by Gasteiger charge is 2.18. The lowest BCUT2D eigenvalue weighted by Gasteiger charge is -2.18. The van der Waals surface area contributed by atoms with Crippen LogP contribution in [0.2, 0.25) is 0 Å². The number of rotatable bonds is 2. The Bertz CT molecular complexity index is 836. The first kappa shape index (κ1) is 14.8. The number of nitrogens with zero attached hydrogens (tertiary/aromatic N) is 2. The number of benzene rings is 1. The van der Waals surface area contributed by atoms with Crippen molar-refractivity contribution in [1.29, 1.82) is 0 Å². The number of guanidine groups is 1. The number of fused-ring (bicyclic) bond motifs is 1. The van der Waals surface area contributed by atoms with Crippen molar-refractivity contribution in [2.24, 2.45) is 16.5 Å². The quantitative estimate of drug-likeness (QED) is 0.375. The van der Waals surface area contributed by atoms with E-state index in [0.29, 0.717) is 5.56 Å². The summed E-state index contributed by atoms with van der Waals surface area (Å²) in [5.74, 6) is -0.747. The average Bonchev–Trinajstić information content (AvgIpc) is 2.53. The van der Waals surface area contributed by atoms with E-state index in [4.69, 9.17) is 11.5 Å². The number of carbonyl (C=O) groups is 1. The van der Waals surface area contributed by atoms with E-state index in [1.54, 1.807) is 18.2 Å². The molecule has 0 saturated heterocycles. The first-order valence-electron chi connectivity index (χ1n) is 7.21. The molecule has 6 nitrogen and oxygen atoms in total. The Kier molecular flexibility index (Phi) is 3.80. The summed E-state index contributed by atoms with van der Waals surface area (Å²) in [5.41, 5.74) is 14.8. The van der Waals surface area contributed by atoms with Crippen molar-refractivity contribution < 1.29 is 9.52 Å². The van der Waals surface area contributed by atoms with Crippen LogP contribution in [-0.2, 0) is 6.42 Å². The average molecular weight is 308 g/mol. The van der Waals surface area contributed by atoms with Gasteiger partial charge in [0.05, 0.1) is 0 Å². The molecular weight excluding hydrogens is 292 g/mol. The largest absolute Gasteiger partial charge is 0.619 e. The van der Waals surface area contributed by atoms with Crippen molar-refractivity contribution in [3.8, 4) is 0 Å². The second-order valence-electron chi connectivity index (χ2n) is 5.32. The van der Waals surface area contributed by atoms with E-state index in [1.807, 2.05) is 12.1 Å². The Balaban J connectivity index is 2.07. The van der Waals surface area contributed by atoms with Crippen molar-refractivity contribution in [2.45, 2.75) is 12.8 Å². The van der Waals surface area contributed by atoms with E-state index >= 15 is 0 Å². The normalized spacial score (nSPS) is 13.0. The molecule has 6 heteroatoms. The standard InChI is InChI=1S/C17H16N4O2/c18-17(19)20-16(22)12-7-6-11-3-1-5-14(15(11)9-12)13-4-2-8-21(23)10-13/h2,4-10H,1,3H2,(H4,18,19,20,22). The van der Waals surface area contributed by atoms with Crippen LogP contribution in [0, 0.1) is 5.21 Å². The molecule has 0 unspecified atom stereocenters. The predicted octanol–water partition coefficient (Wildman–Crippen LogP) is 1.11. The number of allylic oxidation sites excluding steroid dienone is 1. The summed E-state index contributed by atoms with van der Waals surface area (Å²) in [4.78, 5) is 15.6. The maximum atomic E-state index is 12.0. The van der Waals surface area contributed by atoms with Gasteiger partial charge in [-0.2, -0.15) is 9.72 Å². The zero-order valence-electron chi connectivity index (χ0n) is 12.4. The van der Waals surface area contributed by atoms with E-state index in [1.165, 1.54) is 12.4 Å². The van der Waals surface area contributed by atoms with E-state index < -0.39 is 5.91 Å². The molecule has 1 amide bonds. The molecule has 3 rings (SSSR count). The lowest BCUT2D eigenvalue weighted by molar-refractivity contribution is -0.605. The van der Waals surface area contributed by atoms with Crippen LogP contribution < -0.4 is 16.2 Å². The summed E-state index contributed by atoms with van der Waals surface area (Å²) < 4.78 is 0.763. The number of hydrogen-bond acceptors (Lipinski definition) is 2. The summed E-state index contributed by atoms with van der Waals surface area (Å²) in [6.07, 6.45) is 6.81. The van der Waals surface area contributed by atoms with Gasteiger partial charge in [0.25, 0.3) is 5.91 Å². The fraction of sp³-hybridized carbons (Fsp3) is 0.118. The molecule has 1 heterocycles. The highest BCUT2D eigenvalue weighted by molar-refractivity contribution is 6.02. The lowest BCUT2D eigenvalue weighted by atomic mass is 9.86. The highest BCUT2D eigenvalue weighted by atomic mass is 16.5. The van der Waals surface area contributed by atoms with Gasteiger partial charge in [0.2, 0.25) is 0 Å². The number of aryl methyl sites for hydroxylation is 1. The van der Waals surface area contributed by atoms with Crippen molar-refractivity contribution in [2.75, 3.05) is 0 Å². The third-order valence-electron chi connectivity index (χ3n) is 3.73. The van der Waals surface area contributed by atoms with Gasteiger partial charge < -0.3 is 16.7 Å². The van der Waals surface area contributed by atoms with Gasteiger partial charge in [0, 0.05) is 17.2 Å². The molecule has 23 heavy (non-hydrogen) atoms.